The third-order valence-electron chi connectivity index (χ3n) is 3.17. The fourth-order valence-electron chi connectivity index (χ4n) is 2.13. The van der Waals surface area contributed by atoms with Gasteiger partial charge in [0.2, 0.25) is 0 Å². The summed E-state index contributed by atoms with van der Waals surface area (Å²) in [5, 5.41) is 11.5. The van der Waals surface area contributed by atoms with Gasteiger partial charge >= 0.3 is 5.97 Å². The Morgan fingerprint density at radius 1 is 1.35 bits per heavy atom. The molecule has 0 unspecified atom stereocenters. The number of carbonyl (C=O) groups excluding carboxylic acids is 1. The Balaban J connectivity index is 2.40. The van der Waals surface area contributed by atoms with Crippen LogP contribution in [0.2, 0.25) is 5.02 Å². The molecule has 0 aliphatic carbocycles. The van der Waals surface area contributed by atoms with E-state index in [0.717, 1.165) is 0 Å². The molecule has 1 aromatic rings. The van der Waals surface area contributed by atoms with Gasteiger partial charge in [0.25, 0.3) is 11.5 Å². The number of esters is 1. The summed E-state index contributed by atoms with van der Waals surface area (Å²) in [6.45, 7) is 0. The van der Waals surface area contributed by atoms with E-state index >= 15 is 0 Å². The SMILES string of the molecule is COC(=O)CC1(Cc2cc(Cl)ccc2[N+](=O)[O-])OC=CC=CO1. The van der Waals surface area contributed by atoms with Gasteiger partial charge in [-0.2, -0.15) is 0 Å². The zero-order valence-electron chi connectivity index (χ0n) is 12.2. The molecule has 1 aliphatic heterocycles. The molecular formula is C15H14ClNO6. The largest absolute Gasteiger partial charge is 0.469 e. The number of hydrogen-bond acceptors (Lipinski definition) is 6. The number of methoxy groups -OCH3 is 1. The minimum atomic E-state index is -1.45. The maximum Gasteiger partial charge on any atom is 0.313 e. The number of benzene rings is 1. The van der Waals surface area contributed by atoms with Crippen LogP contribution in [-0.4, -0.2) is 23.8 Å². The van der Waals surface area contributed by atoms with Gasteiger partial charge in [0.1, 0.15) is 6.42 Å². The molecule has 122 valence electrons. The molecule has 0 N–H and O–H groups in total. The van der Waals surface area contributed by atoms with Gasteiger partial charge < -0.3 is 14.2 Å². The Morgan fingerprint density at radius 2 is 2.00 bits per heavy atom. The van der Waals surface area contributed by atoms with Crippen LogP contribution in [0.25, 0.3) is 0 Å². The van der Waals surface area contributed by atoms with Crippen molar-refractivity contribution in [3.63, 3.8) is 0 Å². The van der Waals surface area contributed by atoms with Crippen LogP contribution in [0.4, 0.5) is 5.69 Å². The molecule has 0 saturated carbocycles. The molecule has 0 atom stereocenters. The van der Waals surface area contributed by atoms with Gasteiger partial charge in [-0.25, -0.2) is 0 Å². The standard InChI is InChI=1S/C15H14ClNO6/c1-21-14(18)10-15(22-6-2-3-7-23-15)9-11-8-12(16)4-5-13(11)17(19)20/h2-8H,9-10H2,1H3. The lowest BCUT2D eigenvalue weighted by Gasteiger charge is -2.30. The first kappa shape index (κ1) is 16.8. The molecule has 8 heteroatoms. The number of nitro benzene ring substituents is 1. The number of hydrogen-bond donors (Lipinski definition) is 0. The highest BCUT2D eigenvalue weighted by molar-refractivity contribution is 6.30. The van der Waals surface area contributed by atoms with Crippen LogP contribution in [0.15, 0.2) is 42.9 Å². The fraction of sp³-hybridized carbons (Fsp3) is 0.267. The summed E-state index contributed by atoms with van der Waals surface area (Å²) in [5.41, 5.74) is 0.151. The number of halogens is 1. The van der Waals surface area contributed by atoms with Gasteiger partial charge in [-0.05, 0) is 24.3 Å². The maximum atomic E-state index is 11.7. The molecule has 23 heavy (non-hydrogen) atoms. The van der Waals surface area contributed by atoms with Gasteiger partial charge in [0, 0.05) is 16.7 Å². The van der Waals surface area contributed by atoms with Crippen molar-refractivity contribution < 1.29 is 23.9 Å². The van der Waals surface area contributed by atoms with Crippen molar-refractivity contribution in [3.8, 4) is 0 Å². The van der Waals surface area contributed by atoms with Gasteiger partial charge in [-0.15, -0.1) is 0 Å². The average Bonchev–Trinajstić information content (AvgIpc) is 2.72. The molecule has 0 radical (unpaired) electrons. The lowest BCUT2D eigenvalue weighted by atomic mass is 10.00. The van der Waals surface area contributed by atoms with E-state index in [1.807, 2.05) is 0 Å². The van der Waals surface area contributed by atoms with E-state index in [9.17, 15) is 14.9 Å². The van der Waals surface area contributed by atoms with E-state index < -0.39 is 16.7 Å². The van der Waals surface area contributed by atoms with Crippen LogP contribution in [-0.2, 0) is 25.4 Å². The average molecular weight is 340 g/mol. The number of allylic oxidation sites excluding steroid dienone is 2. The molecule has 1 aliphatic rings. The summed E-state index contributed by atoms with van der Waals surface area (Å²) in [5.74, 6) is -2.02. The van der Waals surface area contributed by atoms with E-state index in [4.69, 9.17) is 21.1 Å². The van der Waals surface area contributed by atoms with Crippen LogP contribution in [0.5, 0.6) is 0 Å². The molecule has 0 saturated heterocycles. The Labute approximate surface area is 137 Å². The summed E-state index contributed by atoms with van der Waals surface area (Å²) in [4.78, 5) is 22.3. The molecule has 0 aromatic heterocycles. The topological polar surface area (TPSA) is 87.9 Å². The number of ether oxygens (including phenoxy) is 3. The lowest BCUT2D eigenvalue weighted by Crippen LogP contribution is -2.38. The van der Waals surface area contributed by atoms with Crippen LogP contribution < -0.4 is 0 Å². The molecule has 0 amide bonds. The Kier molecular flexibility index (Phi) is 5.23. The molecular weight excluding hydrogens is 326 g/mol. The summed E-state index contributed by atoms with van der Waals surface area (Å²) < 4.78 is 15.7. The molecule has 0 spiro atoms. The maximum absolute atomic E-state index is 11.7. The highest BCUT2D eigenvalue weighted by Crippen LogP contribution is 2.32. The van der Waals surface area contributed by atoms with Crippen LogP contribution in [0, 0.1) is 10.1 Å². The van der Waals surface area contributed by atoms with Crippen molar-refractivity contribution in [2.45, 2.75) is 18.6 Å². The quantitative estimate of drug-likeness (QED) is 0.465. The second kappa shape index (κ2) is 7.15. The first-order valence-electron chi connectivity index (χ1n) is 6.63. The predicted molar refractivity (Wildman–Crippen MR) is 81.6 cm³/mol. The summed E-state index contributed by atoms with van der Waals surface area (Å²) in [6.07, 6.45) is 5.54. The number of nitro groups is 1. The van der Waals surface area contributed by atoms with Crippen molar-refractivity contribution in [2.75, 3.05) is 7.11 Å². The number of carbonyl (C=O) groups is 1. The fourth-order valence-corrected chi connectivity index (χ4v) is 2.32. The molecule has 1 aromatic carbocycles. The van der Waals surface area contributed by atoms with Crippen LogP contribution >= 0.6 is 11.6 Å². The Hall–Kier alpha value is -2.54. The van der Waals surface area contributed by atoms with E-state index in [1.165, 1.54) is 37.8 Å². The first-order valence-corrected chi connectivity index (χ1v) is 7.00. The second-order valence-electron chi connectivity index (χ2n) is 4.76. The zero-order chi connectivity index (χ0) is 16.9. The summed E-state index contributed by atoms with van der Waals surface area (Å²) in [7, 11) is 1.24. The highest BCUT2D eigenvalue weighted by Gasteiger charge is 2.39. The molecule has 2 rings (SSSR count). The first-order chi connectivity index (χ1) is 11.0. The van der Waals surface area contributed by atoms with Gasteiger partial charge in [0.05, 0.1) is 31.0 Å². The number of rotatable bonds is 5. The third kappa shape index (κ3) is 4.23. The Bertz CT molecular complexity index is 656. The minimum Gasteiger partial charge on any atom is -0.469 e. The third-order valence-corrected chi connectivity index (χ3v) is 3.41. The minimum absolute atomic E-state index is 0.0619. The summed E-state index contributed by atoms with van der Waals surface area (Å²) in [6, 6.07) is 4.17. The number of nitrogens with zero attached hydrogens (tertiary/aromatic N) is 1. The van der Waals surface area contributed by atoms with E-state index in [1.54, 1.807) is 12.2 Å². The van der Waals surface area contributed by atoms with Crippen LogP contribution in [0.3, 0.4) is 0 Å². The van der Waals surface area contributed by atoms with Crippen LogP contribution in [0.1, 0.15) is 12.0 Å². The van der Waals surface area contributed by atoms with E-state index in [-0.39, 0.29) is 24.1 Å². The lowest BCUT2D eigenvalue weighted by molar-refractivity contribution is -0.386. The Morgan fingerprint density at radius 3 is 2.57 bits per heavy atom. The van der Waals surface area contributed by atoms with E-state index in [0.29, 0.717) is 5.02 Å². The zero-order valence-corrected chi connectivity index (χ0v) is 13.0. The normalized spacial score (nSPS) is 15.2. The molecule has 7 nitrogen and oxygen atoms in total. The van der Waals surface area contributed by atoms with Crippen molar-refractivity contribution in [1.82, 2.24) is 0 Å². The predicted octanol–water partition coefficient (Wildman–Crippen LogP) is 3.12. The molecule has 1 heterocycles. The van der Waals surface area contributed by atoms with Gasteiger partial charge in [-0.1, -0.05) is 11.6 Å². The smallest absolute Gasteiger partial charge is 0.313 e. The molecule has 0 bridgehead atoms. The van der Waals surface area contributed by atoms with Crippen molar-refractivity contribution in [3.05, 3.63) is 63.6 Å². The van der Waals surface area contributed by atoms with Crippen molar-refractivity contribution >= 4 is 23.3 Å². The van der Waals surface area contributed by atoms with E-state index in [2.05, 4.69) is 4.74 Å². The second-order valence-corrected chi connectivity index (χ2v) is 5.20. The summed E-state index contributed by atoms with van der Waals surface area (Å²) >= 11 is 5.93. The van der Waals surface area contributed by atoms with Gasteiger partial charge in [0.15, 0.2) is 0 Å². The van der Waals surface area contributed by atoms with Crippen molar-refractivity contribution in [1.29, 1.82) is 0 Å². The molecule has 0 fully saturated rings. The monoisotopic (exact) mass is 339 g/mol. The van der Waals surface area contributed by atoms with Gasteiger partial charge in [-0.3, -0.25) is 14.9 Å². The van der Waals surface area contributed by atoms with Crippen molar-refractivity contribution in [2.24, 2.45) is 0 Å². The highest BCUT2D eigenvalue weighted by atomic mass is 35.5.